The maximum Gasteiger partial charge on any atom is 0.416 e. The zero-order chi connectivity index (χ0) is 14.9. The van der Waals surface area contributed by atoms with Gasteiger partial charge in [0.05, 0.1) is 16.3 Å². The fourth-order valence-corrected chi connectivity index (χ4v) is 1.82. The van der Waals surface area contributed by atoms with Gasteiger partial charge in [-0.25, -0.2) is 4.98 Å². The van der Waals surface area contributed by atoms with E-state index in [-0.39, 0.29) is 11.6 Å². The molecule has 0 aliphatic heterocycles. The summed E-state index contributed by atoms with van der Waals surface area (Å²) in [5.74, 6) is -0.226. The average molecular weight is 302 g/mol. The first kappa shape index (κ1) is 14.5. The lowest BCUT2D eigenvalue weighted by atomic mass is 10.2. The number of anilines is 3. The van der Waals surface area contributed by atoms with Crippen molar-refractivity contribution in [3.63, 3.8) is 0 Å². The lowest BCUT2D eigenvalue weighted by Crippen LogP contribution is -2.08. The van der Waals surface area contributed by atoms with Crippen LogP contribution >= 0.6 is 11.6 Å². The highest BCUT2D eigenvalue weighted by Crippen LogP contribution is 2.33. The Kier molecular flexibility index (Phi) is 3.76. The van der Waals surface area contributed by atoms with Gasteiger partial charge in [0.1, 0.15) is 11.6 Å². The van der Waals surface area contributed by atoms with E-state index < -0.39 is 11.7 Å². The van der Waals surface area contributed by atoms with Gasteiger partial charge in [-0.1, -0.05) is 17.7 Å². The van der Waals surface area contributed by atoms with Crippen LogP contribution in [-0.2, 0) is 6.18 Å². The first-order valence-corrected chi connectivity index (χ1v) is 6.01. The summed E-state index contributed by atoms with van der Waals surface area (Å²) in [4.78, 5) is 3.82. The minimum atomic E-state index is -4.48. The Hall–Kier alpha value is -1.95. The van der Waals surface area contributed by atoms with Crippen molar-refractivity contribution < 1.29 is 13.2 Å². The number of hydrogen-bond donors (Lipinski definition) is 2. The molecular formula is C13H11ClF3N3. The third kappa shape index (κ3) is 3.33. The lowest BCUT2D eigenvalue weighted by Gasteiger charge is -2.12. The summed E-state index contributed by atoms with van der Waals surface area (Å²) < 4.78 is 38.1. The molecule has 0 spiro atoms. The van der Waals surface area contributed by atoms with E-state index in [1.807, 2.05) is 6.92 Å². The largest absolute Gasteiger partial charge is 0.416 e. The topological polar surface area (TPSA) is 50.9 Å². The van der Waals surface area contributed by atoms with Crippen molar-refractivity contribution in [2.45, 2.75) is 13.1 Å². The third-order valence-corrected chi connectivity index (χ3v) is 2.89. The average Bonchev–Trinajstić information content (AvgIpc) is 2.32. The normalized spacial score (nSPS) is 11.4. The van der Waals surface area contributed by atoms with Crippen LogP contribution in [-0.4, -0.2) is 4.98 Å². The molecule has 1 aromatic heterocycles. The van der Waals surface area contributed by atoms with Crippen molar-refractivity contribution >= 4 is 28.9 Å². The summed E-state index contributed by atoms with van der Waals surface area (Å²) in [6, 6.07) is 6.82. The molecule has 3 nitrogen and oxygen atoms in total. The molecule has 0 unspecified atom stereocenters. The molecule has 0 bridgehead atoms. The lowest BCUT2D eigenvalue weighted by molar-refractivity contribution is -0.137. The number of benzene rings is 1. The molecule has 0 radical (unpaired) electrons. The Morgan fingerprint density at radius 1 is 1.20 bits per heavy atom. The Bertz CT molecular complexity index is 641. The van der Waals surface area contributed by atoms with E-state index in [9.17, 15) is 13.2 Å². The van der Waals surface area contributed by atoms with Gasteiger partial charge in [-0.3, -0.25) is 0 Å². The Balaban J connectivity index is 2.39. The number of nitrogens with zero attached hydrogens (tertiary/aromatic N) is 1. The van der Waals surface area contributed by atoms with Gasteiger partial charge in [0.15, 0.2) is 0 Å². The standard InChI is InChI=1S/C13H11ClF3N3/c1-7-2-3-9(14)10(4-7)19-12-6-8(13(15,16)17)5-11(18)20-12/h2-6H,1H3,(H3,18,19,20). The number of alkyl halides is 3. The predicted octanol–water partition coefficient (Wildman–Crippen LogP) is 4.39. The molecule has 1 heterocycles. The Morgan fingerprint density at radius 3 is 2.55 bits per heavy atom. The minimum absolute atomic E-state index is 0.00942. The van der Waals surface area contributed by atoms with E-state index in [4.69, 9.17) is 17.3 Å². The number of aryl methyl sites for hydroxylation is 1. The van der Waals surface area contributed by atoms with E-state index in [2.05, 4.69) is 10.3 Å². The highest BCUT2D eigenvalue weighted by Gasteiger charge is 2.31. The fourth-order valence-electron chi connectivity index (χ4n) is 1.65. The van der Waals surface area contributed by atoms with Crippen molar-refractivity contribution in [1.29, 1.82) is 0 Å². The van der Waals surface area contributed by atoms with Crippen LogP contribution in [0.15, 0.2) is 30.3 Å². The Morgan fingerprint density at radius 2 is 1.90 bits per heavy atom. The number of pyridine rings is 1. The number of halogens is 4. The van der Waals surface area contributed by atoms with Crippen LogP contribution in [0, 0.1) is 6.92 Å². The van der Waals surface area contributed by atoms with Gasteiger partial charge in [-0.2, -0.15) is 13.2 Å². The molecule has 2 rings (SSSR count). The van der Waals surface area contributed by atoms with Crippen LogP contribution in [0.2, 0.25) is 5.02 Å². The summed E-state index contributed by atoms with van der Waals surface area (Å²) in [5.41, 5.74) is 5.91. The maximum atomic E-state index is 12.7. The van der Waals surface area contributed by atoms with Crippen molar-refractivity contribution in [2.24, 2.45) is 0 Å². The van der Waals surface area contributed by atoms with Crippen LogP contribution in [0.4, 0.5) is 30.5 Å². The fraction of sp³-hybridized carbons (Fsp3) is 0.154. The van der Waals surface area contributed by atoms with Crippen molar-refractivity contribution in [2.75, 3.05) is 11.1 Å². The van der Waals surface area contributed by atoms with E-state index in [1.165, 1.54) is 0 Å². The van der Waals surface area contributed by atoms with E-state index in [1.54, 1.807) is 18.2 Å². The summed E-state index contributed by atoms with van der Waals surface area (Å²) in [5, 5.41) is 3.13. The van der Waals surface area contributed by atoms with Crippen molar-refractivity contribution in [1.82, 2.24) is 4.98 Å². The number of hydrogen-bond acceptors (Lipinski definition) is 3. The maximum absolute atomic E-state index is 12.7. The number of aromatic nitrogens is 1. The highest BCUT2D eigenvalue weighted by molar-refractivity contribution is 6.33. The number of nitrogen functional groups attached to an aromatic ring is 1. The summed E-state index contributed by atoms with van der Waals surface area (Å²) in [7, 11) is 0. The molecular weight excluding hydrogens is 291 g/mol. The SMILES string of the molecule is Cc1ccc(Cl)c(Nc2cc(C(F)(F)F)cc(N)n2)c1. The van der Waals surface area contributed by atoms with Gasteiger partial charge in [0, 0.05) is 0 Å². The van der Waals surface area contributed by atoms with Gasteiger partial charge in [-0.05, 0) is 36.8 Å². The monoisotopic (exact) mass is 301 g/mol. The van der Waals surface area contributed by atoms with Gasteiger partial charge < -0.3 is 11.1 Å². The quantitative estimate of drug-likeness (QED) is 0.865. The molecule has 0 fully saturated rings. The summed E-state index contributed by atoms with van der Waals surface area (Å²) in [6.45, 7) is 1.84. The second-order valence-corrected chi connectivity index (χ2v) is 4.68. The molecule has 7 heteroatoms. The molecule has 0 amide bonds. The number of nitrogens with one attached hydrogen (secondary N) is 1. The molecule has 20 heavy (non-hydrogen) atoms. The highest BCUT2D eigenvalue weighted by atomic mass is 35.5. The summed E-state index contributed by atoms with van der Waals surface area (Å²) in [6.07, 6.45) is -4.48. The molecule has 106 valence electrons. The molecule has 0 saturated heterocycles. The van der Waals surface area contributed by atoms with Crippen molar-refractivity contribution in [3.8, 4) is 0 Å². The molecule has 1 aromatic carbocycles. The third-order valence-electron chi connectivity index (χ3n) is 2.56. The molecule has 2 aromatic rings. The van der Waals surface area contributed by atoms with Gasteiger partial charge >= 0.3 is 6.18 Å². The van der Waals surface area contributed by atoms with E-state index in [0.29, 0.717) is 10.7 Å². The van der Waals surface area contributed by atoms with E-state index in [0.717, 1.165) is 17.7 Å². The molecule has 0 aliphatic rings. The number of rotatable bonds is 2. The van der Waals surface area contributed by atoms with Crippen LogP contribution in [0.25, 0.3) is 0 Å². The predicted molar refractivity (Wildman–Crippen MR) is 73.1 cm³/mol. The van der Waals surface area contributed by atoms with Crippen LogP contribution in [0.3, 0.4) is 0 Å². The van der Waals surface area contributed by atoms with Gasteiger partial charge in [-0.15, -0.1) is 0 Å². The van der Waals surface area contributed by atoms with Gasteiger partial charge in [0.25, 0.3) is 0 Å². The zero-order valence-electron chi connectivity index (χ0n) is 10.4. The molecule has 3 N–H and O–H groups in total. The second kappa shape index (κ2) is 5.20. The first-order chi connectivity index (χ1) is 9.25. The number of nitrogens with two attached hydrogens (primary N) is 1. The molecule has 0 atom stereocenters. The zero-order valence-corrected chi connectivity index (χ0v) is 11.2. The Labute approximate surface area is 118 Å². The molecule has 0 saturated carbocycles. The van der Waals surface area contributed by atoms with E-state index >= 15 is 0 Å². The van der Waals surface area contributed by atoms with Crippen molar-refractivity contribution in [3.05, 3.63) is 46.5 Å². The first-order valence-electron chi connectivity index (χ1n) is 5.63. The second-order valence-electron chi connectivity index (χ2n) is 4.27. The minimum Gasteiger partial charge on any atom is -0.384 e. The van der Waals surface area contributed by atoms with Crippen LogP contribution in [0.1, 0.15) is 11.1 Å². The summed E-state index contributed by atoms with van der Waals surface area (Å²) >= 11 is 5.97. The van der Waals surface area contributed by atoms with Gasteiger partial charge in [0.2, 0.25) is 0 Å². The van der Waals surface area contributed by atoms with Crippen LogP contribution < -0.4 is 11.1 Å². The van der Waals surface area contributed by atoms with Crippen LogP contribution in [0.5, 0.6) is 0 Å². The smallest absolute Gasteiger partial charge is 0.384 e. The molecule has 0 aliphatic carbocycles.